The largest absolute Gasteiger partial charge is 0.294 e. The number of para-hydroxylation sites is 2. The summed E-state index contributed by atoms with van der Waals surface area (Å²) >= 11 is 0. The third-order valence-corrected chi connectivity index (χ3v) is 5.78. The van der Waals surface area contributed by atoms with Crippen LogP contribution >= 0.6 is 0 Å². The van der Waals surface area contributed by atoms with Crippen LogP contribution in [0.3, 0.4) is 0 Å². The quantitative estimate of drug-likeness (QED) is 0.148. The summed E-state index contributed by atoms with van der Waals surface area (Å²) in [6.07, 6.45) is 0. The molecule has 0 saturated heterocycles. The fourth-order valence-corrected chi connectivity index (χ4v) is 4.46. The summed E-state index contributed by atoms with van der Waals surface area (Å²) in [7, 11) is 0. The van der Waals surface area contributed by atoms with Crippen LogP contribution in [0.15, 0.2) is 66.7 Å². The Hall–Kier alpha value is -4.92. The summed E-state index contributed by atoms with van der Waals surface area (Å²) in [6, 6.07) is 21.8. The maximum Gasteiger partial charge on any atom is 0.201 e. The van der Waals surface area contributed by atoms with Gasteiger partial charge in [0.15, 0.2) is 11.4 Å². The molecule has 0 aliphatic carbocycles. The van der Waals surface area contributed by atoms with E-state index in [1.165, 1.54) is 0 Å². The number of benzene rings is 4. The van der Waals surface area contributed by atoms with Gasteiger partial charge in [0.1, 0.15) is 5.65 Å². The topological polar surface area (TPSA) is 30.4 Å². The van der Waals surface area contributed by atoms with Crippen LogP contribution in [0.25, 0.3) is 63.7 Å². The molecule has 4 aromatic carbocycles. The Morgan fingerprint density at radius 2 is 1.35 bits per heavy atom. The zero-order chi connectivity index (χ0) is 21.1. The highest BCUT2D eigenvalue weighted by Gasteiger charge is 2.21. The molecule has 0 aliphatic rings. The van der Waals surface area contributed by atoms with Gasteiger partial charge in [-0.25, -0.2) is 4.98 Å². The number of nitrogens with zero attached hydrogens (tertiary/aromatic N) is 5. The second-order valence-electron chi connectivity index (χ2n) is 7.33. The number of rotatable bonds is 0. The van der Waals surface area contributed by atoms with Crippen LogP contribution in [0.2, 0.25) is 0 Å². The number of hydrogen-bond donors (Lipinski definition) is 0. The first kappa shape index (κ1) is 17.0. The van der Waals surface area contributed by atoms with Crippen molar-refractivity contribution < 1.29 is 0 Å². The molecule has 0 aliphatic heterocycles. The third kappa shape index (κ3) is 2.14. The smallest absolute Gasteiger partial charge is 0.201 e. The standard InChI is InChI=1S/C26H11N5/c1-27-20-14-22-23(25(29-3)24(20)28-2)17-12-15-8-4-5-9-16(15)13-18(17)26-30-19-10-6-7-11-21(19)31(22)26/h4-14H. The van der Waals surface area contributed by atoms with Gasteiger partial charge in [-0.15, -0.1) is 0 Å². The van der Waals surface area contributed by atoms with Crippen LogP contribution < -0.4 is 0 Å². The van der Waals surface area contributed by atoms with Gasteiger partial charge in [-0.05, 0) is 51.9 Å². The van der Waals surface area contributed by atoms with Crippen molar-refractivity contribution in [3.8, 4) is 0 Å². The van der Waals surface area contributed by atoms with Gasteiger partial charge in [-0.2, -0.15) is 0 Å². The minimum atomic E-state index is 0.107. The van der Waals surface area contributed by atoms with Crippen molar-refractivity contribution in [1.29, 1.82) is 0 Å². The van der Waals surface area contributed by atoms with E-state index in [2.05, 4.69) is 32.7 Å². The molecular weight excluding hydrogens is 382 g/mol. The molecule has 0 fully saturated rings. The zero-order valence-corrected chi connectivity index (χ0v) is 16.1. The second-order valence-corrected chi connectivity index (χ2v) is 7.33. The zero-order valence-electron chi connectivity index (χ0n) is 16.1. The molecule has 0 spiro atoms. The lowest BCUT2D eigenvalue weighted by molar-refractivity contribution is 1.32. The molecule has 6 rings (SSSR count). The predicted octanol–water partition coefficient (Wildman–Crippen LogP) is 7.60. The Labute approximate surface area is 176 Å². The van der Waals surface area contributed by atoms with Crippen molar-refractivity contribution in [3.63, 3.8) is 0 Å². The molecule has 5 heteroatoms. The van der Waals surface area contributed by atoms with Gasteiger partial charge in [0.2, 0.25) is 5.69 Å². The summed E-state index contributed by atoms with van der Waals surface area (Å²) < 4.78 is 2.01. The molecule has 0 unspecified atom stereocenters. The molecule has 0 radical (unpaired) electrons. The van der Waals surface area contributed by atoms with Crippen LogP contribution in [0.5, 0.6) is 0 Å². The highest BCUT2D eigenvalue weighted by Crippen LogP contribution is 2.48. The third-order valence-electron chi connectivity index (χ3n) is 5.78. The lowest BCUT2D eigenvalue weighted by Gasteiger charge is -2.14. The Kier molecular flexibility index (Phi) is 3.31. The molecule has 2 heterocycles. The van der Waals surface area contributed by atoms with E-state index in [4.69, 9.17) is 24.7 Å². The van der Waals surface area contributed by atoms with E-state index in [1.807, 2.05) is 46.9 Å². The van der Waals surface area contributed by atoms with Crippen molar-refractivity contribution in [3.05, 3.63) is 101 Å². The molecule has 140 valence electrons. The Balaban J connectivity index is 2.05. The fraction of sp³-hybridized carbons (Fsp3) is 0. The number of imidazole rings is 1. The number of pyridine rings is 1. The second kappa shape index (κ2) is 6.04. The predicted molar refractivity (Wildman–Crippen MR) is 124 cm³/mol. The van der Waals surface area contributed by atoms with Crippen molar-refractivity contribution >= 4 is 66.2 Å². The van der Waals surface area contributed by atoms with E-state index in [-0.39, 0.29) is 17.1 Å². The van der Waals surface area contributed by atoms with E-state index < -0.39 is 0 Å². The van der Waals surface area contributed by atoms with Gasteiger partial charge >= 0.3 is 0 Å². The van der Waals surface area contributed by atoms with Crippen molar-refractivity contribution in [2.45, 2.75) is 0 Å². The Bertz CT molecular complexity index is 1870. The van der Waals surface area contributed by atoms with Gasteiger partial charge in [-0.3, -0.25) is 18.9 Å². The molecule has 0 N–H and O–H groups in total. The van der Waals surface area contributed by atoms with Crippen molar-refractivity contribution in [1.82, 2.24) is 9.38 Å². The first-order chi connectivity index (χ1) is 15.2. The fourth-order valence-electron chi connectivity index (χ4n) is 4.46. The minimum absolute atomic E-state index is 0.107. The van der Waals surface area contributed by atoms with Gasteiger partial charge in [0.05, 0.1) is 30.7 Å². The van der Waals surface area contributed by atoms with Crippen LogP contribution in [0.1, 0.15) is 0 Å². The monoisotopic (exact) mass is 393 g/mol. The lowest BCUT2D eigenvalue weighted by Crippen LogP contribution is -1.92. The van der Waals surface area contributed by atoms with E-state index in [1.54, 1.807) is 6.07 Å². The van der Waals surface area contributed by atoms with Crippen LogP contribution in [0.4, 0.5) is 17.1 Å². The summed E-state index contributed by atoms with van der Waals surface area (Å²) in [6.45, 7) is 23.1. The molecule has 0 amide bonds. The van der Waals surface area contributed by atoms with Gasteiger partial charge in [0.25, 0.3) is 0 Å². The van der Waals surface area contributed by atoms with Gasteiger partial charge in [0, 0.05) is 10.9 Å². The van der Waals surface area contributed by atoms with Crippen LogP contribution in [-0.2, 0) is 0 Å². The van der Waals surface area contributed by atoms with E-state index >= 15 is 0 Å². The molecule has 5 nitrogen and oxygen atoms in total. The minimum Gasteiger partial charge on any atom is -0.294 e. The van der Waals surface area contributed by atoms with Crippen LogP contribution in [0, 0.1) is 19.7 Å². The van der Waals surface area contributed by atoms with Crippen molar-refractivity contribution in [2.24, 2.45) is 0 Å². The summed E-state index contributed by atoms with van der Waals surface area (Å²) in [5.74, 6) is 0. The SMILES string of the molecule is [C-]#[N+]c1cc2c(c([N+]#[C-])c1[N+]#[C-])c1cc3ccccc3cc1c1nc3ccccc3n21. The van der Waals surface area contributed by atoms with E-state index in [0.29, 0.717) is 5.39 Å². The molecule has 6 aromatic rings. The highest BCUT2D eigenvalue weighted by atomic mass is 15.0. The maximum atomic E-state index is 7.87. The summed E-state index contributed by atoms with van der Waals surface area (Å²) in [5, 5.41) is 4.59. The molecular formula is C26H11N5. The number of fused-ring (bicyclic) bond motifs is 9. The normalized spacial score (nSPS) is 11.1. The molecule has 31 heavy (non-hydrogen) atoms. The summed E-state index contributed by atoms with van der Waals surface area (Å²) in [5.41, 5.74) is 3.75. The lowest BCUT2D eigenvalue weighted by atomic mass is 9.99. The maximum absolute atomic E-state index is 7.87. The average Bonchev–Trinajstić information content (AvgIpc) is 3.21. The molecule has 0 saturated carbocycles. The highest BCUT2D eigenvalue weighted by molar-refractivity contribution is 6.24. The Morgan fingerprint density at radius 1 is 0.677 bits per heavy atom. The van der Waals surface area contributed by atoms with Crippen molar-refractivity contribution in [2.75, 3.05) is 0 Å². The van der Waals surface area contributed by atoms with Gasteiger partial charge < -0.3 is 0 Å². The number of aromatic nitrogens is 2. The first-order valence-electron chi connectivity index (χ1n) is 9.60. The number of hydrogen-bond acceptors (Lipinski definition) is 1. The molecule has 0 atom stereocenters. The van der Waals surface area contributed by atoms with Gasteiger partial charge in [-0.1, -0.05) is 36.4 Å². The van der Waals surface area contributed by atoms with E-state index in [9.17, 15) is 0 Å². The molecule has 0 bridgehead atoms. The average molecular weight is 393 g/mol. The van der Waals surface area contributed by atoms with E-state index in [0.717, 1.165) is 43.7 Å². The Morgan fingerprint density at radius 3 is 2.06 bits per heavy atom. The summed E-state index contributed by atoms with van der Waals surface area (Å²) in [4.78, 5) is 15.8. The first-order valence-corrected chi connectivity index (χ1v) is 9.60. The molecule has 2 aromatic heterocycles. The van der Waals surface area contributed by atoms with Crippen LogP contribution in [-0.4, -0.2) is 9.38 Å².